The van der Waals surface area contributed by atoms with E-state index in [-0.39, 0.29) is 6.04 Å². The van der Waals surface area contributed by atoms with Crippen LogP contribution in [0.4, 0.5) is 0 Å². The number of carboxylic acids is 1. The van der Waals surface area contributed by atoms with E-state index in [0.29, 0.717) is 12.8 Å². The molecule has 1 rings (SSSR count). The fourth-order valence-corrected chi connectivity index (χ4v) is 2.25. The fraction of sp³-hybridized carbons (Fsp3) is 0.818. The number of carboxylic acid groups (broad SMARTS) is 1. The zero-order valence-corrected chi connectivity index (χ0v) is 9.36. The molecule has 0 aromatic carbocycles. The van der Waals surface area contributed by atoms with Gasteiger partial charge in [0.25, 0.3) is 0 Å². The number of carbonyl (C=O) groups is 1. The van der Waals surface area contributed by atoms with Crippen molar-refractivity contribution >= 4 is 5.97 Å². The van der Waals surface area contributed by atoms with Gasteiger partial charge in [-0.3, -0.25) is 9.69 Å². The molecule has 2 atom stereocenters. The van der Waals surface area contributed by atoms with E-state index in [0.717, 1.165) is 19.4 Å². The molecule has 1 fully saturated rings. The average molecular weight is 210 g/mol. The largest absolute Gasteiger partial charge is 0.480 e. The number of aliphatic carboxylic acids is 1. The SMILES string of the molecule is CCC(C#N)N1CCCCC1(C)C(=O)O. The smallest absolute Gasteiger partial charge is 0.323 e. The number of piperidine rings is 1. The molecule has 0 bridgehead atoms. The Hall–Kier alpha value is -1.08. The van der Waals surface area contributed by atoms with Crippen LogP contribution in [0.5, 0.6) is 0 Å². The van der Waals surface area contributed by atoms with Gasteiger partial charge in [-0.1, -0.05) is 6.92 Å². The molecule has 1 aliphatic heterocycles. The highest BCUT2D eigenvalue weighted by Crippen LogP contribution is 2.30. The monoisotopic (exact) mass is 210 g/mol. The highest BCUT2D eigenvalue weighted by atomic mass is 16.4. The van der Waals surface area contributed by atoms with E-state index in [1.54, 1.807) is 6.92 Å². The van der Waals surface area contributed by atoms with Crippen LogP contribution in [0, 0.1) is 11.3 Å². The van der Waals surface area contributed by atoms with Crippen LogP contribution in [-0.2, 0) is 4.79 Å². The molecule has 0 aromatic heterocycles. The summed E-state index contributed by atoms with van der Waals surface area (Å²) in [7, 11) is 0. The first-order chi connectivity index (χ1) is 7.06. The van der Waals surface area contributed by atoms with Gasteiger partial charge in [-0.2, -0.15) is 5.26 Å². The summed E-state index contributed by atoms with van der Waals surface area (Å²) < 4.78 is 0. The Morgan fingerprint density at radius 3 is 2.80 bits per heavy atom. The molecule has 1 N–H and O–H groups in total. The minimum absolute atomic E-state index is 0.272. The molecule has 1 heterocycles. The first-order valence-corrected chi connectivity index (χ1v) is 5.46. The lowest BCUT2D eigenvalue weighted by Crippen LogP contribution is -2.58. The van der Waals surface area contributed by atoms with Crippen LogP contribution in [0.2, 0.25) is 0 Å². The summed E-state index contributed by atoms with van der Waals surface area (Å²) in [6.07, 6.45) is 3.24. The lowest BCUT2D eigenvalue weighted by Gasteiger charge is -2.43. The number of nitrogens with zero attached hydrogens (tertiary/aromatic N) is 2. The van der Waals surface area contributed by atoms with Crippen molar-refractivity contribution in [1.29, 1.82) is 5.26 Å². The average Bonchev–Trinajstić information content (AvgIpc) is 2.22. The predicted molar refractivity (Wildman–Crippen MR) is 56.3 cm³/mol. The Balaban J connectivity index is 2.92. The highest BCUT2D eigenvalue weighted by molar-refractivity contribution is 5.78. The van der Waals surface area contributed by atoms with Crippen LogP contribution < -0.4 is 0 Å². The molecule has 0 saturated carbocycles. The van der Waals surface area contributed by atoms with E-state index >= 15 is 0 Å². The van der Waals surface area contributed by atoms with Crippen LogP contribution >= 0.6 is 0 Å². The molecule has 4 nitrogen and oxygen atoms in total. The third-order valence-electron chi connectivity index (χ3n) is 3.32. The summed E-state index contributed by atoms with van der Waals surface area (Å²) in [6.45, 7) is 4.37. The summed E-state index contributed by atoms with van der Waals surface area (Å²) in [5, 5.41) is 18.3. The molecular weight excluding hydrogens is 192 g/mol. The summed E-state index contributed by atoms with van der Waals surface area (Å²) in [6, 6.07) is 1.92. The molecule has 84 valence electrons. The zero-order valence-electron chi connectivity index (χ0n) is 9.36. The van der Waals surface area contributed by atoms with E-state index in [9.17, 15) is 9.90 Å². The number of likely N-dealkylation sites (tertiary alicyclic amines) is 1. The van der Waals surface area contributed by atoms with Crippen molar-refractivity contribution in [3.63, 3.8) is 0 Å². The number of nitriles is 1. The Morgan fingerprint density at radius 1 is 1.67 bits per heavy atom. The Bertz CT molecular complexity index is 285. The van der Waals surface area contributed by atoms with E-state index < -0.39 is 11.5 Å². The van der Waals surface area contributed by atoms with Gasteiger partial charge >= 0.3 is 5.97 Å². The molecular formula is C11H18N2O2. The molecule has 0 amide bonds. The molecule has 4 heteroatoms. The van der Waals surface area contributed by atoms with E-state index in [1.165, 1.54) is 0 Å². The van der Waals surface area contributed by atoms with E-state index in [2.05, 4.69) is 6.07 Å². The maximum Gasteiger partial charge on any atom is 0.323 e. The Morgan fingerprint density at radius 2 is 2.33 bits per heavy atom. The predicted octanol–water partition coefficient (Wildman–Crippen LogP) is 1.62. The second kappa shape index (κ2) is 4.63. The van der Waals surface area contributed by atoms with Gasteiger partial charge in [0.2, 0.25) is 0 Å². The van der Waals surface area contributed by atoms with Crippen molar-refractivity contribution < 1.29 is 9.90 Å². The van der Waals surface area contributed by atoms with Gasteiger partial charge < -0.3 is 5.11 Å². The lowest BCUT2D eigenvalue weighted by molar-refractivity contribution is -0.154. The third kappa shape index (κ3) is 2.13. The van der Waals surface area contributed by atoms with Gasteiger partial charge in [-0.15, -0.1) is 0 Å². The van der Waals surface area contributed by atoms with Crippen molar-refractivity contribution in [2.45, 2.75) is 51.1 Å². The molecule has 1 aliphatic rings. The van der Waals surface area contributed by atoms with E-state index in [4.69, 9.17) is 5.26 Å². The van der Waals surface area contributed by atoms with Gasteiger partial charge in [0.05, 0.1) is 12.1 Å². The second-order valence-corrected chi connectivity index (χ2v) is 4.28. The topological polar surface area (TPSA) is 64.3 Å². The molecule has 2 unspecified atom stereocenters. The van der Waals surface area contributed by atoms with E-state index in [1.807, 2.05) is 11.8 Å². The molecule has 0 aromatic rings. The molecule has 1 saturated heterocycles. The number of hydrogen-bond acceptors (Lipinski definition) is 3. The quantitative estimate of drug-likeness (QED) is 0.768. The maximum absolute atomic E-state index is 11.3. The third-order valence-corrected chi connectivity index (χ3v) is 3.32. The normalized spacial score (nSPS) is 29.4. The maximum atomic E-state index is 11.3. The first-order valence-electron chi connectivity index (χ1n) is 5.46. The fourth-order valence-electron chi connectivity index (χ4n) is 2.25. The van der Waals surface area contributed by atoms with Crippen molar-refractivity contribution in [2.75, 3.05) is 6.54 Å². The summed E-state index contributed by atoms with van der Waals surface area (Å²) in [5.74, 6) is -0.809. The van der Waals surface area contributed by atoms with Crippen molar-refractivity contribution in [1.82, 2.24) is 4.90 Å². The van der Waals surface area contributed by atoms with Gasteiger partial charge in [0, 0.05) is 6.54 Å². The summed E-state index contributed by atoms with van der Waals surface area (Å²) >= 11 is 0. The molecule has 15 heavy (non-hydrogen) atoms. The standard InChI is InChI=1S/C11H18N2O2/c1-3-9(8-12)13-7-5-4-6-11(13,2)10(14)15/h9H,3-7H2,1-2H3,(H,14,15). The van der Waals surface area contributed by atoms with Crippen LogP contribution in [0.15, 0.2) is 0 Å². The first kappa shape index (κ1) is 12.0. The van der Waals surface area contributed by atoms with Crippen molar-refractivity contribution in [2.24, 2.45) is 0 Å². The molecule has 0 radical (unpaired) electrons. The minimum atomic E-state index is -0.853. The molecule has 0 spiro atoms. The number of rotatable bonds is 3. The van der Waals surface area contributed by atoms with Gasteiger partial charge in [-0.05, 0) is 32.6 Å². The van der Waals surface area contributed by atoms with Crippen LogP contribution in [0.25, 0.3) is 0 Å². The van der Waals surface area contributed by atoms with Gasteiger partial charge in [0.1, 0.15) is 5.54 Å². The van der Waals surface area contributed by atoms with Crippen LogP contribution in [0.3, 0.4) is 0 Å². The van der Waals surface area contributed by atoms with Crippen LogP contribution in [-0.4, -0.2) is 34.1 Å². The highest BCUT2D eigenvalue weighted by Gasteiger charge is 2.44. The lowest BCUT2D eigenvalue weighted by atomic mass is 9.86. The van der Waals surface area contributed by atoms with Gasteiger partial charge in [-0.25, -0.2) is 0 Å². The summed E-state index contributed by atoms with van der Waals surface area (Å²) in [5.41, 5.74) is -0.853. The Labute approximate surface area is 90.5 Å². The Kier molecular flexibility index (Phi) is 3.70. The summed E-state index contributed by atoms with van der Waals surface area (Å²) in [4.78, 5) is 13.1. The molecule has 0 aliphatic carbocycles. The van der Waals surface area contributed by atoms with Crippen molar-refractivity contribution in [3.8, 4) is 6.07 Å². The second-order valence-electron chi connectivity index (χ2n) is 4.28. The minimum Gasteiger partial charge on any atom is -0.480 e. The van der Waals surface area contributed by atoms with Gasteiger partial charge in [0.15, 0.2) is 0 Å². The van der Waals surface area contributed by atoms with Crippen LogP contribution in [0.1, 0.15) is 39.5 Å². The number of hydrogen-bond donors (Lipinski definition) is 1. The zero-order chi connectivity index (χ0) is 11.5. The van der Waals surface area contributed by atoms with Crippen molar-refractivity contribution in [3.05, 3.63) is 0 Å².